The molecule has 0 aromatic heterocycles. The zero-order valence-corrected chi connectivity index (χ0v) is 17.9. The number of thiol groups is 1. The van der Waals surface area contributed by atoms with Crippen LogP contribution in [-0.2, 0) is 4.74 Å². The molecule has 3 rings (SSSR count). The van der Waals surface area contributed by atoms with Crippen LogP contribution in [0.3, 0.4) is 0 Å². The Morgan fingerprint density at radius 1 is 0.929 bits per heavy atom. The summed E-state index contributed by atoms with van der Waals surface area (Å²) in [6.07, 6.45) is 0. The lowest BCUT2D eigenvalue weighted by molar-refractivity contribution is 0.0976. The molecule has 1 aliphatic heterocycles. The van der Waals surface area contributed by atoms with Gasteiger partial charge in [-0.05, 0) is 31.0 Å². The van der Waals surface area contributed by atoms with Crippen molar-refractivity contribution >= 4 is 24.2 Å². The number of benzene rings is 2. The summed E-state index contributed by atoms with van der Waals surface area (Å²) in [5.74, 6) is 1.86. The number of nitrogens with zero attached hydrogens (tertiary/aromatic N) is 3. The summed E-state index contributed by atoms with van der Waals surface area (Å²) in [5.41, 5.74) is 4.73. The lowest BCUT2D eigenvalue weighted by Crippen LogP contribution is -2.49. The molecular weight excluding hydrogens is 366 g/mol. The van der Waals surface area contributed by atoms with Gasteiger partial charge in [-0.2, -0.15) is 12.6 Å². The van der Waals surface area contributed by atoms with Gasteiger partial charge >= 0.3 is 0 Å². The summed E-state index contributed by atoms with van der Waals surface area (Å²) in [5, 5.41) is 0. The molecule has 0 amide bonds. The van der Waals surface area contributed by atoms with E-state index in [9.17, 15) is 0 Å². The molecule has 0 unspecified atom stereocenters. The minimum atomic E-state index is 0.726. The smallest absolute Gasteiger partial charge is 0.136 e. The van der Waals surface area contributed by atoms with E-state index in [1.54, 1.807) is 0 Å². The fourth-order valence-electron chi connectivity index (χ4n) is 3.47. The van der Waals surface area contributed by atoms with Crippen molar-refractivity contribution in [3.05, 3.63) is 65.2 Å². The van der Waals surface area contributed by atoms with Crippen LogP contribution < -0.4 is 0 Å². The van der Waals surface area contributed by atoms with Crippen molar-refractivity contribution in [2.24, 2.45) is 4.99 Å². The van der Waals surface area contributed by atoms with Gasteiger partial charge in [-0.15, -0.1) is 0 Å². The molecule has 0 atom stereocenters. The second-order valence-corrected chi connectivity index (χ2v) is 7.65. The second-order valence-electron chi connectivity index (χ2n) is 7.20. The predicted octanol–water partition coefficient (Wildman–Crippen LogP) is 3.95. The Kier molecular flexibility index (Phi) is 7.95. The van der Waals surface area contributed by atoms with Gasteiger partial charge in [0, 0.05) is 44.0 Å². The van der Waals surface area contributed by atoms with Crippen molar-refractivity contribution in [1.82, 2.24) is 9.80 Å². The van der Waals surface area contributed by atoms with E-state index in [4.69, 9.17) is 9.73 Å². The zero-order valence-electron chi connectivity index (χ0n) is 17.0. The van der Waals surface area contributed by atoms with Crippen molar-refractivity contribution in [2.45, 2.75) is 13.8 Å². The first-order chi connectivity index (χ1) is 13.7. The van der Waals surface area contributed by atoms with Crippen molar-refractivity contribution in [3.8, 4) is 0 Å². The Bertz CT molecular complexity index is 785. The number of ether oxygens (including phenoxy) is 1. The van der Waals surface area contributed by atoms with Gasteiger partial charge in [-0.3, -0.25) is 4.90 Å². The molecular formula is C23H31N3OS. The first-order valence-corrected chi connectivity index (χ1v) is 10.7. The fraction of sp³-hybridized carbons (Fsp3) is 0.435. The largest absolute Gasteiger partial charge is 0.379 e. The number of rotatable bonds is 7. The Balaban J connectivity index is 1.76. The third-order valence-corrected chi connectivity index (χ3v) is 5.37. The van der Waals surface area contributed by atoms with Crippen LogP contribution in [0.1, 0.15) is 16.7 Å². The molecule has 28 heavy (non-hydrogen) atoms. The highest BCUT2D eigenvalue weighted by molar-refractivity contribution is 7.80. The van der Waals surface area contributed by atoms with Crippen molar-refractivity contribution in [3.63, 3.8) is 0 Å². The van der Waals surface area contributed by atoms with Crippen LogP contribution in [0.5, 0.6) is 0 Å². The van der Waals surface area contributed by atoms with Crippen molar-refractivity contribution in [2.75, 3.05) is 51.7 Å². The molecule has 0 spiro atoms. The summed E-state index contributed by atoms with van der Waals surface area (Å²) in [7, 11) is 0. The van der Waals surface area contributed by atoms with E-state index < -0.39 is 0 Å². The third-order valence-electron chi connectivity index (χ3n) is 5.19. The molecule has 1 saturated heterocycles. The number of aryl methyl sites for hydroxylation is 2. The first kappa shape index (κ1) is 20.9. The normalized spacial score (nSPS) is 15.8. The van der Waals surface area contributed by atoms with Gasteiger partial charge in [0.15, 0.2) is 0 Å². The molecule has 5 heteroatoms. The highest BCUT2D eigenvalue weighted by Gasteiger charge is 2.22. The van der Waals surface area contributed by atoms with Gasteiger partial charge in [0.25, 0.3) is 0 Å². The average molecular weight is 398 g/mol. The third kappa shape index (κ3) is 5.60. The van der Waals surface area contributed by atoms with Crippen LogP contribution in [0.2, 0.25) is 0 Å². The molecule has 2 aromatic carbocycles. The molecule has 0 aliphatic carbocycles. The molecule has 0 bridgehead atoms. The Labute approximate surface area is 174 Å². The average Bonchev–Trinajstić information content (AvgIpc) is 2.72. The van der Waals surface area contributed by atoms with Crippen LogP contribution in [0, 0.1) is 13.8 Å². The van der Waals surface area contributed by atoms with Crippen LogP contribution in [-0.4, -0.2) is 67.3 Å². The maximum absolute atomic E-state index is 5.58. The summed E-state index contributed by atoms with van der Waals surface area (Å²) < 4.78 is 5.58. The standard InChI is InChI=1S/C23H31N3OS/c1-19-7-3-5-9-21(19)23(24-22-10-6-4-8-20(22)2)26-13-11-25(12-14-26)15-16-27-17-18-28/h3-10,28H,11-18H2,1-2H3/b24-23+. The number of amidine groups is 1. The molecule has 1 fully saturated rings. The van der Waals surface area contributed by atoms with Crippen LogP contribution >= 0.6 is 12.6 Å². The van der Waals surface area contributed by atoms with Gasteiger partial charge in [0.05, 0.1) is 18.9 Å². The number of para-hydroxylation sites is 1. The Morgan fingerprint density at radius 3 is 2.29 bits per heavy atom. The number of aliphatic imine (C=N–C) groups is 1. The molecule has 0 saturated carbocycles. The van der Waals surface area contributed by atoms with Gasteiger partial charge in [0.2, 0.25) is 0 Å². The summed E-state index contributed by atoms with van der Waals surface area (Å²) in [4.78, 5) is 10.0. The van der Waals surface area contributed by atoms with E-state index in [1.165, 1.54) is 16.7 Å². The van der Waals surface area contributed by atoms with Crippen molar-refractivity contribution in [1.29, 1.82) is 0 Å². The molecule has 150 valence electrons. The Morgan fingerprint density at radius 2 is 1.61 bits per heavy atom. The fourth-order valence-corrected chi connectivity index (χ4v) is 3.60. The van der Waals surface area contributed by atoms with Gasteiger partial charge in [0.1, 0.15) is 5.84 Å². The maximum atomic E-state index is 5.58. The SMILES string of the molecule is Cc1ccccc1/N=C(\c1ccccc1C)N1CCN(CCOCCS)CC1. The molecule has 0 radical (unpaired) electrons. The molecule has 0 N–H and O–H groups in total. The van der Waals surface area contributed by atoms with Gasteiger partial charge in [-0.25, -0.2) is 4.99 Å². The minimum absolute atomic E-state index is 0.726. The van der Waals surface area contributed by atoms with Gasteiger partial charge < -0.3 is 9.64 Å². The van der Waals surface area contributed by atoms with Crippen LogP contribution in [0.4, 0.5) is 5.69 Å². The summed E-state index contributed by atoms with van der Waals surface area (Å²) in [6, 6.07) is 16.9. The highest BCUT2D eigenvalue weighted by atomic mass is 32.1. The zero-order chi connectivity index (χ0) is 19.8. The number of hydrogen-bond acceptors (Lipinski definition) is 4. The monoisotopic (exact) mass is 397 g/mol. The molecule has 1 aliphatic rings. The van der Waals surface area contributed by atoms with Gasteiger partial charge in [-0.1, -0.05) is 42.5 Å². The molecule has 4 nitrogen and oxygen atoms in total. The molecule has 1 heterocycles. The highest BCUT2D eigenvalue weighted by Crippen LogP contribution is 2.22. The summed E-state index contributed by atoms with van der Waals surface area (Å²) >= 11 is 4.19. The van der Waals surface area contributed by atoms with Crippen molar-refractivity contribution < 1.29 is 4.74 Å². The Hall–Kier alpha value is -1.82. The number of piperazine rings is 1. The molecule has 2 aromatic rings. The minimum Gasteiger partial charge on any atom is -0.379 e. The van der Waals surface area contributed by atoms with E-state index in [0.717, 1.165) is 63.2 Å². The maximum Gasteiger partial charge on any atom is 0.136 e. The van der Waals surface area contributed by atoms with E-state index in [2.05, 4.69) is 84.8 Å². The quantitative estimate of drug-likeness (QED) is 0.332. The lowest BCUT2D eigenvalue weighted by Gasteiger charge is -2.37. The van der Waals surface area contributed by atoms with E-state index in [0.29, 0.717) is 0 Å². The van der Waals surface area contributed by atoms with E-state index in [1.807, 2.05) is 0 Å². The topological polar surface area (TPSA) is 28.1 Å². The second kappa shape index (κ2) is 10.6. The van der Waals surface area contributed by atoms with E-state index >= 15 is 0 Å². The first-order valence-electron chi connectivity index (χ1n) is 10.1. The van der Waals surface area contributed by atoms with Crippen LogP contribution in [0.15, 0.2) is 53.5 Å². The predicted molar refractivity (Wildman–Crippen MR) is 121 cm³/mol. The van der Waals surface area contributed by atoms with E-state index in [-0.39, 0.29) is 0 Å². The number of hydrogen-bond donors (Lipinski definition) is 1. The lowest BCUT2D eigenvalue weighted by atomic mass is 10.1. The summed E-state index contributed by atoms with van der Waals surface area (Å²) in [6.45, 7) is 10.8. The van der Waals surface area contributed by atoms with Crippen LogP contribution in [0.25, 0.3) is 0 Å².